The third kappa shape index (κ3) is 6.33. The molecule has 0 radical (unpaired) electrons. The lowest BCUT2D eigenvalue weighted by atomic mass is 10.1. The fourth-order valence-electron chi connectivity index (χ4n) is 2.69. The molecule has 2 rings (SSSR count). The van der Waals surface area contributed by atoms with Crippen LogP contribution in [-0.2, 0) is 16.1 Å². The fraction of sp³-hybridized carbons (Fsp3) is 0.333. The third-order valence-electron chi connectivity index (χ3n) is 4.19. The molecular weight excluding hydrogens is 366 g/mol. The van der Waals surface area contributed by atoms with Gasteiger partial charge < -0.3 is 15.0 Å². The van der Waals surface area contributed by atoms with Crippen LogP contribution < -0.4 is 5.32 Å². The second kappa shape index (κ2) is 9.82. The van der Waals surface area contributed by atoms with Crippen LogP contribution in [0.4, 0.5) is 13.6 Å². The van der Waals surface area contributed by atoms with Crippen LogP contribution in [0.25, 0.3) is 0 Å². The van der Waals surface area contributed by atoms with Crippen molar-refractivity contribution in [2.24, 2.45) is 0 Å². The summed E-state index contributed by atoms with van der Waals surface area (Å²) in [6.45, 7) is 4.90. The maximum atomic E-state index is 13.5. The third-order valence-corrected chi connectivity index (χ3v) is 4.19. The summed E-state index contributed by atoms with van der Waals surface area (Å²) < 4.78 is 32.1. The van der Waals surface area contributed by atoms with E-state index in [0.717, 1.165) is 10.5 Å². The van der Waals surface area contributed by atoms with Gasteiger partial charge in [0.05, 0.1) is 6.54 Å². The van der Waals surface area contributed by atoms with E-state index in [1.807, 2.05) is 25.1 Å². The number of nitrogens with zero attached hydrogens (tertiary/aromatic N) is 1. The summed E-state index contributed by atoms with van der Waals surface area (Å²) in [5, 5.41) is 2.45. The van der Waals surface area contributed by atoms with E-state index >= 15 is 0 Å². The standard InChI is InChI=1S/C21H24F2N2O3/c1-3-4-6-9-16(2)18(19(26)25-13-12-21(22,23)15-25)24-20(27)28-14-17-10-7-5-8-11-17/h3-11,18H,2,12-15H2,1H3,(H,24,27)/b4-3-,9-6-/t18-/m0/s1. The van der Waals surface area contributed by atoms with Crippen LogP contribution >= 0.6 is 0 Å². The van der Waals surface area contributed by atoms with Gasteiger partial charge in [0.25, 0.3) is 5.92 Å². The molecule has 2 amide bonds. The number of halogens is 2. The summed E-state index contributed by atoms with van der Waals surface area (Å²) in [6, 6.07) is 7.86. The highest BCUT2D eigenvalue weighted by Crippen LogP contribution is 2.27. The number of alkyl carbamates (subject to hydrolysis) is 1. The van der Waals surface area contributed by atoms with Crippen molar-refractivity contribution in [1.82, 2.24) is 10.2 Å². The second-order valence-corrected chi connectivity index (χ2v) is 6.46. The van der Waals surface area contributed by atoms with Crippen molar-refractivity contribution in [1.29, 1.82) is 0 Å². The Bertz CT molecular complexity index is 760. The predicted octanol–water partition coefficient (Wildman–Crippen LogP) is 3.84. The summed E-state index contributed by atoms with van der Waals surface area (Å²) in [5.41, 5.74) is 1.06. The van der Waals surface area contributed by atoms with Crippen LogP contribution in [0, 0.1) is 0 Å². The highest BCUT2D eigenvalue weighted by molar-refractivity contribution is 5.89. The Morgan fingerprint density at radius 3 is 2.64 bits per heavy atom. The number of rotatable bonds is 7. The Hall–Kier alpha value is -2.96. The molecule has 1 aromatic carbocycles. The maximum absolute atomic E-state index is 13.5. The number of hydrogen-bond acceptors (Lipinski definition) is 3. The SMILES string of the molecule is C=C(/C=C\C=C/C)[C@H](NC(=O)OCc1ccccc1)C(=O)N1CCC(F)(F)C1. The second-order valence-electron chi connectivity index (χ2n) is 6.46. The number of hydrogen-bond donors (Lipinski definition) is 1. The minimum Gasteiger partial charge on any atom is -0.445 e. The normalized spacial score (nSPS) is 17.0. The number of alkyl halides is 2. The van der Waals surface area contributed by atoms with E-state index in [1.165, 1.54) is 0 Å². The van der Waals surface area contributed by atoms with Crippen LogP contribution in [0.5, 0.6) is 0 Å². The van der Waals surface area contributed by atoms with Crippen molar-refractivity contribution >= 4 is 12.0 Å². The molecule has 7 heteroatoms. The van der Waals surface area contributed by atoms with E-state index < -0.39 is 36.9 Å². The first kappa shape index (κ1) is 21.3. The lowest BCUT2D eigenvalue weighted by Crippen LogP contribution is -2.49. The summed E-state index contributed by atoms with van der Waals surface area (Å²) in [6.07, 6.45) is 5.49. The molecule has 150 valence electrons. The number of amides is 2. The molecule has 1 aliphatic heterocycles. The van der Waals surface area contributed by atoms with Gasteiger partial charge in [0.2, 0.25) is 5.91 Å². The van der Waals surface area contributed by atoms with Gasteiger partial charge in [-0.15, -0.1) is 0 Å². The van der Waals surface area contributed by atoms with Crippen LogP contribution in [0.3, 0.4) is 0 Å². The monoisotopic (exact) mass is 390 g/mol. The van der Waals surface area contributed by atoms with E-state index in [9.17, 15) is 18.4 Å². The van der Waals surface area contributed by atoms with Crippen molar-refractivity contribution in [3.05, 3.63) is 72.4 Å². The first-order chi connectivity index (χ1) is 13.3. The lowest BCUT2D eigenvalue weighted by molar-refractivity contribution is -0.132. The largest absolute Gasteiger partial charge is 0.445 e. The Balaban J connectivity index is 2.05. The Morgan fingerprint density at radius 1 is 1.32 bits per heavy atom. The predicted molar refractivity (Wildman–Crippen MR) is 103 cm³/mol. The Morgan fingerprint density at radius 2 is 2.04 bits per heavy atom. The summed E-state index contributed by atoms with van der Waals surface area (Å²) >= 11 is 0. The zero-order chi connectivity index (χ0) is 20.6. The van der Waals surface area contributed by atoms with E-state index in [-0.39, 0.29) is 18.7 Å². The van der Waals surface area contributed by atoms with Gasteiger partial charge >= 0.3 is 6.09 Å². The Labute approximate surface area is 163 Å². The summed E-state index contributed by atoms with van der Waals surface area (Å²) in [5.74, 6) is -3.56. The van der Waals surface area contributed by atoms with Crippen molar-refractivity contribution in [2.45, 2.75) is 31.9 Å². The quantitative estimate of drug-likeness (QED) is 0.720. The van der Waals surface area contributed by atoms with E-state index in [4.69, 9.17) is 4.74 Å². The van der Waals surface area contributed by atoms with Gasteiger partial charge in [-0.1, -0.05) is 61.2 Å². The minimum atomic E-state index is -2.92. The van der Waals surface area contributed by atoms with Gasteiger partial charge in [-0.05, 0) is 18.1 Å². The number of nitrogens with one attached hydrogen (secondary N) is 1. The highest BCUT2D eigenvalue weighted by atomic mass is 19.3. The van der Waals surface area contributed by atoms with Gasteiger partial charge in [-0.3, -0.25) is 4.79 Å². The number of carbonyl (C=O) groups excluding carboxylic acids is 2. The van der Waals surface area contributed by atoms with Crippen LogP contribution in [0.1, 0.15) is 18.9 Å². The molecule has 1 aromatic rings. The summed E-state index contributed by atoms with van der Waals surface area (Å²) in [7, 11) is 0. The zero-order valence-electron chi connectivity index (χ0n) is 15.7. The van der Waals surface area contributed by atoms with Gasteiger partial charge in [-0.2, -0.15) is 0 Å². The molecule has 1 heterocycles. The molecule has 0 saturated carbocycles. The highest BCUT2D eigenvalue weighted by Gasteiger charge is 2.42. The minimum absolute atomic E-state index is 0.0241. The average Bonchev–Trinajstić information content (AvgIpc) is 3.04. The van der Waals surface area contributed by atoms with E-state index in [1.54, 1.807) is 36.4 Å². The average molecular weight is 390 g/mol. The molecule has 0 unspecified atom stereocenters. The van der Waals surface area contributed by atoms with Gasteiger partial charge in [0.1, 0.15) is 12.6 Å². The van der Waals surface area contributed by atoms with Crippen LogP contribution in [0.15, 0.2) is 66.8 Å². The smallest absolute Gasteiger partial charge is 0.408 e. The molecule has 0 aliphatic carbocycles. The number of benzene rings is 1. The van der Waals surface area contributed by atoms with Gasteiger partial charge in [-0.25, -0.2) is 13.6 Å². The number of carbonyl (C=O) groups is 2. The van der Waals surface area contributed by atoms with Crippen molar-refractivity contribution in [2.75, 3.05) is 13.1 Å². The maximum Gasteiger partial charge on any atom is 0.408 e. The van der Waals surface area contributed by atoms with Crippen molar-refractivity contribution in [3.8, 4) is 0 Å². The molecule has 0 bridgehead atoms. The van der Waals surface area contributed by atoms with E-state index in [2.05, 4.69) is 11.9 Å². The fourth-order valence-corrected chi connectivity index (χ4v) is 2.69. The molecule has 1 fully saturated rings. The van der Waals surface area contributed by atoms with E-state index in [0.29, 0.717) is 0 Å². The topological polar surface area (TPSA) is 58.6 Å². The van der Waals surface area contributed by atoms with Gasteiger partial charge in [0.15, 0.2) is 0 Å². The molecule has 1 N–H and O–H groups in total. The lowest BCUT2D eigenvalue weighted by Gasteiger charge is -2.24. The van der Waals surface area contributed by atoms with Gasteiger partial charge in [0, 0.05) is 13.0 Å². The zero-order valence-corrected chi connectivity index (χ0v) is 15.7. The van der Waals surface area contributed by atoms with Crippen molar-refractivity contribution < 1.29 is 23.1 Å². The molecule has 1 atom stereocenters. The number of ether oxygens (including phenoxy) is 1. The molecule has 28 heavy (non-hydrogen) atoms. The van der Waals surface area contributed by atoms with Crippen LogP contribution in [0.2, 0.25) is 0 Å². The number of allylic oxidation sites excluding steroid dienone is 3. The summed E-state index contributed by atoms with van der Waals surface area (Å²) in [4.78, 5) is 25.9. The number of likely N-dealkylation sites (tertiary alicyclic amines) is 1. The molecule has 0 spiro atoms. The Kier molecular flexibility index (Phi) is 7.49. The molecule has 0 aromatic heterocycles. The molecule has 5 nitrogen and oxygen atoms in total. The molecular formula is C21H24F2N2O3. The molecule has 1 aliphatic rings. The first-order valence-corrected chi connectivity index (χ1v) is 8.94. The molecule has 1 saturated heterocycles. The first-order valence-electron chi connectivity index (χ1n) is 8.94. The van der Waals surface area contributed by atoms with Crippen LogP contribution in [-0.4, -0.2) is 42.0 Å². The van der Waals surface area contributed by atoms with Crippen molar-refractivity contribution in [3.63, 3.8) is 0 Å².